The molecule has 1 heterocycles. The fraction of sp³-hybridized carbons (Fsp3) is 0.444. The Morgan fingerprint density at radius 2 is 1.95 bits per heavy atom. The third kappa shape index (κ3) is 4.43. The molecule has 1 aromatic carbocycles. The van der Waals surface area contributed by atoms with Crippen molar-refractivity contribution in [3.8, 4) is 0 Å². The van der Waals surface area contributed by atoms with E-state index in [1.807, 2.05) is 11.3 Å². The lowest BCUT2D eigenvalue weighted by molar-refractivity contribution is 0.226. The first-order valence-electron chi connectivity index (χ1n) is 7.65. The Balaban J connectivity index is 2.18. The number of fused-ring (bicyclic) bond motifs is 1. The van der Waals surface area contributed by atoms with Gasteiger partial charge in [0.25, 0.3) is 0 Å². The molecule has 1 nitrogen and oxygen atoms in total. The van der Waals surface area contributed by atoms with Crippen molar-refractivity contribution in [2.75, 3.05) is 0 Å². The maximum absolute atomic E-state index is 6.60. The monoisotopic (exact) mass is 444 g/mol. The minimum absolute atomic E-state index is 0.172. The molecule has 4 heteroatoms. The van der Waals surface area contributed by atoms with E-state index >= 15 is 0 Å². The van der Waals surface area contributed by atoms with Crippen molar-refractivity contribution in [2.24, 2.45) is 0 Å². The van der Waals surface area contributed by atoms with Crippen LogP contribution in [-0.2, 0) is 10.8 Å². The van der Waals surface area contributed by atoms with Gasteiger partial charge in [0, 0.05) is 16.0 Å². The van der Waals surface area contributed by atoms with E-state index in [1.54, 1.807) is 0 Å². The van der Waals surface area contributed by atoms with Crippen LogP contribution in [0.1, 0.15) is 25.6 Å². The number of rotatable bonds is 5. The highest BCUT2D eigenvalue weighted by atomic mass is 127. The molecule has 0 aliphatic carbocycles. The van der Waals surface area contributed by atoms with Crippen LogP contribution >= 0.6 is 33.9 Å². The van der Waals surface area contributed by atoms with Crippen molar-refractivity contribution in [2.45, 2.75) is 51.4 Å². The van der Waals surface area contributed by atoms with Crippen molar-refractivity contribution >= 4 is 52.3 Å². The Hall–Kier alpha value is -0.173. The van der Waals surface area contributed by atoms with E-state index in [0.717, 1.165) is 6.42 Å². The number of hydrogen-bond donors (Lipinski definition) is 0. The summed E-state index contributed by atoms with van der Waals surface area (Å²) in [5, 5.41) is 1.58. The van der Waals surface area contributed by atoms with E-state index in [1.165, 1.54) is 15.0 Å². The predicted octanol–water partition coefficient (Wildman–Crippen LogP) is 6.78. The molecule has 0 saturated heterocycles. The second kappa shape index (κ2) is 7.15. The van der Waals surface area contributed by atoms with Crippen LogP contribution in [0.15, 0.2) is 40.5 Å². The van der Waals surface area contributed by atoms with Crippen LogP contribution in [0.25, 0.3) is 10.1 Å². The molecule has 0 unspecified atom stereocenters. The molecule has 0 spiro atoms. The molecule has 0 aliphatic heterocycles. The van der Waals surface area contributed by atoms with Crippen LogP contribution in [0.4, 0.5) is 0 Å². The third-order valence-electron chi connectivity index (χ3n) is 4.42. The normalized spacial score (nSPS) is 14.8. The standard InChI is InChI=1S/C18H25IOSSi/c1-18(2,3)22(4,5)20-15(10-11-19)13-16-12-14-8-6-7-9-17(14)21-16/h6-12,15H,13H2,1-5H3/b11-10+/t15-/m0/s1. The van der Waals surface area contributed by atoms with Crippen molar-refractivity contribution < 1.29 is 4.43 Å². The molecule has 0 N–H and O–H groups in total. The van der Waals surface area contributed by atoms with Crippen molar-refractivity contribution in [1.82, 2.24) is 0 Å². The lowest BCUT2D eigenvalue weighted by atomic mass is 10.2. The topological polar surface area (TPSA) is 9.23 Å². The van der Waals surface area contributed by atoms with E-state index in [9.17, 15) is 0 Å². The van der Waals surface area contributed by atoms with Gasteiger partial charge in [0.15, 0.2) is 8.32 Å². The molecule has 0 bridgehead atoms. The average Bonchev–Trinajstić information content (AvgIpc) is 2.79. The van der Waals surface area contributed by atoms with Crippen LogP contribution in [0.3, 0.4) is 0 Å². The summed E-state index contributed by atoms with van der Waals surface area (Å²) in [5.74, 6) is 0. The maximum Gasteiger partial charge on any atom is 0.192 e. The number of benzene rings is 1. The highest BCUT2D eigenvalue weighted by Gasteiger charge is 2.38. The van der Waals surface area contributed by atoms with Gasteiger partial charge in [0.1, 0.15) is 0 Å². The third-order valence-corrected chi connectivity index (χ3v) is 10.5. The van der Waals surface area contributed by atoms with Crippen LogP contribution < -0.4 is 0 Å². The molecule has 0 fully saturated rings. The highest BCUT2D eigenvalue weighted by Crippen LogP contribution is 2.38. The number of hydrogen-bond acceptors (Lipinski definition) is 2. The van der Waals surface area contributed by atoms with Crippen molar-refractivity contribution in [3.63, 3.8) is 0 Å². The van der Waals surface area contributed by atoms with E-state index in [0.29, 0.717) is 0 Å². The number of halogens is 1. The zero-order valence-electron chi connectivity index (χ0n) is 14.0. The van der Waals surface area contributed by atoms with Gasteiger partial charge in [-0.3, -0.25) is 0 Å². The minimum Gasteiger partial charge on any atom is -0.410 e. The average molecular weight is 444 g/mol. The first kappa shape index (κ1) is 18.2. The zero-order chi connectivity index (χ0) is 16.4. The van der Waals surface area contributed by atoms with Crippen molar-refractivity contribution in [3.05, 3.63) is 45.4 Å². The summed E-state index contributed by atoms with van der Waals surface area (Å²) in [5.41, 5.74) is 0. The molecule has 0 amide bonds. The summed E-state index contributed by atoms with van der Waals surface area (Å²) in [4.78, 5) is 1.40. The Morgan fingerprint density at radius 3 is 2.55 bits per heavy atom. The fourth-order valence-corrected chi connectivity index (χ4v) is 4.96. The molecule has 2 rings (SSSR count). The Bertz CT molecular complexity index is 621. The van der Waals surface area contributed by atoms with E-state index in [-0.39, 0.29) is 11.1 Å². The summed E-state index contributed by atoms with van der Waals surface area (Å²) < 4.78 is 10.0. The van der Waals surface area contributed by atoms with E-state index in [4.69, 9.17) is 4.43 Å². The molecule has 2 aromatic rings. The first-order valence-corrected chi connectivity index (χ1v) is 12.6. The smallest absolute Gasteiger partial charge is 0.192 e. The van der Waals surface area contributed by atoms with Gasteiger partial charge >= 0.3 is 0 Å². The number of thiophene rings is 1. The van der Waals surface area contributed by atoms with Gasteiger partial charge in [0.05, 0.1) is 6.10 Å². The molecular formula is C18H25IOSSi. The van der Waals surface area contributed by atoms with Crippen molar-refractivity contribution in [1.29, 1.82) is 0 Å². The molecule has 120 valence electrons. The van der Waals surface area contributed by atoms with Gasteiger partial charge < -0.3 is 4.43 Å². The van der Waals surface area contributed by atoms with Gasteiger partial charge in [-0.25, -0.2) is 0 Å². The Morgan fingerprint density at radius 1 is 1.27 bits per heavy atom. The summed E-state index contributed by atoms with van der Waals surface area (Å²) in [7, 11) is -1.75. The molecule has 0 aliphatic rings. The predicted molar refractivity (Wildman–Crippen MR) is 111 cm³/mol. The lowest BCUT2D eigenvalue weighted by Crippen LogP contribution is -2.44. The van der Waals surface area contributed by atoms with Gasteiger partial charge in [-0.1, -0.05) is 67.6 Å². The Labute approximate surface area is 153 Å². The molecule has 0 radical (unpaired) electrons. The summed E-state index contributed by atoms with van der Waals surface area (Å²) in [6.07, 6.45) is 3.34. The van der Waals surface area contributed by atoms with Gasteiger partial charge in [-0.2, -0.15) is 0 Å². The molecular weight excluding hydrogens is 419 g/mol. The second-order valence-electron chi connectivity index (χ2n) is 7.19. The second-order valence-corrected chi connectivity index (χ2v) is 13.8. The minimum atomic E-state index is -1.75. The van der Waals surface area contributed by atoms with E-state index < -0.39 is 8.32 Å². The zero-order valence-corrected chi connectivity index (χ0v) is 18.0. The summed E-state index contributed by atoms with van der Waals surface area (Å²) in [6, 6.07) is 10.9. The largest absolute Gasteiger partial charge is 0.410 e. The SMILES string of the molecule is CC(C)(C)[Si](C)(C)O[C@@H](/C=C/I)Cc1cc2ccccc2s1. The first-order chi connectivity index (χ1) is 10.2. The van der Waals surface area contributed by atoms with Gasteiger partial charge in [-0.05, 0) is 39.7 Å². The molecule has 1 atom stereocenters. The summed E-state index contributed by atoms with van der Waals surface area (Å²) >= 11 is 4.17. The fourth-order valence-electron chi connectivity index (χ4n) is 2.12. The van der Waals surface area contributed by atoms with E-state index in [2.05, 4.69) is 96.9 Å². The van der Waals surface area contributed by atoms with Crippen LogP contribution in [0.5, 0.6) is 0 Å². The van der Waals surface area contributed by atoms with Crippen LogP contribution in [0.2, 0.25) is 18.1 Å². The maximum atomic E-state index is 6.60. The summed E-state index contributed by atoms with van der Waals surface area (Å²) in [6.45, 7) is 11.5. The quantitative estimate of drug-likeness (QED) is 0.365. The van der Waals surface area contributed by atoms with Gasteiger partial charge in [0.2, 0.25) is 0 Å². The van der Waals surface area contributed by atoms with Gasteiger partial charge in [-0.15, -0.1) is 11.3 Å². The lowest BCUT2D eigenvalue weighted by Gasteiger charge is -2.38. The Kier molecular flexibility index (Phi) is 5.91. The highest BCUT2D eigenvalue weighted by molar-refractivity contribution is 14.1. The van der Waals surface area contributed by atoms with Crippen LogP contribution in [-0.4, -0.2) is 14.4 Å². The molecule has 0 saturated carbocycles. The molecule has 22 heavy (non-hydrogen) atoms. The van der Waals surface area contributed by atoms with Crippen LogP contribution in [0, 0.1) is 0 Å². The molecule has 1 aromatic heterocycles.